The molecular formula is C7H8BrNO. The fraction of sp³-hybridized carbons (Fsp3) is 0.571. The van der Waals surface area contributed by atoms with Crippen molar-refractivity contribution in [3.05, 3.63) is 10.6 Å². The van der Waals surface area contributed by atoms with Crippen LogP contribution in [0.1, 0.15) is 19.3 Å². The molecule has 1 aliphatic carbocycles. The minimum absolute atomic E-state index is 0.185. The normalized spacial score (nSPS) is 31.5. The monoisotopic (exact) mass is 201 g/mol. The first-order valence-corrected chi connectivity index (χ1v) is 3.94. The third-order valence-corrected chi connectivity index (χ3v) is 2.76. The zero-order valence-corrected chi connectivity index (χ0v) is 7.06. The fourth-order valence-corrected chi connectivity index (χ4v) is 1.62. The first-order chi connectivity index (χ1) is 4.69. The van der Waals surface area contributed by atoms with Crippen molar-refractivity contribution in [2.24, 2.45) is 0 Å². The molecule has 0 radical (unpaired) electrons. The maximum Gasteiger partial charge on any atom is 0.109 e. The van der Waals surface area contributed by atoms with Crippen LogP contribution in [0.2, 0.25) is 0 Å². The Hall–Kier alpha value is -0.330. The maximum atomic E-state index is 9.62. The van der Waals surface area contributed by atoms with E-state index in [9.17, 15) is 5.11 Å². The number of nitrogens with zero attached hydrogens (tertiary/aromatic N) is 1. The third-order valence-electron chi connectivity index (χ3n) is 1.70. The molecule has 1 atom stereocenters. The zero-order valence-electron chi connectivity index (χ0n) is 5.47. The summed E-state index contributed by atoms with van der Waals surface area (Å²) in [7, 11) is 0. The molecule has 0 heterocycles. The van der Waals surface area contributed by atoms with Crippen LogP contribution in [-0.2, 0) is 0 Å². The van der Waals surface area contributed by atoms with Gasteiger partial charge in [-0.2, -0.15) is 5.26 Å². The summed E-state index contributed by atoms with van der Waals surface area (Å²) in [4.78, 5) is 0. The van der Waals surface area contributed by atoms with Gasteiger partial charge in [0.25, 0.3) is 0 Å². The number of aliphatic hydroxyl groups is 1. The van der Waals surface area contributed by atoms with Gasteiger partial charge in [-0.15, -0.1) is 0 Å². The van der Waals surface area contributed by atoms with Crippen LogP contribution in [0.15, 0.2) is 10.6 Å². The van der Waals surface area contributed by atoms with E-state index in [0.29, 0.717) is 6.42 Å². The number of hydrogen-bond acceptors (Lipinski definition) is 2. The number of rotatable bonds is 1. The van der Waals surface area contributed by atoms with Gasteiger partial charge in [0, 0.05) is 4.48 Å². The molecule has 1 unspecified atom stereocenters. The van der Waals surface area contributed by atoms with Crippen molar-refractivity contribution in [2.45, 2.75) is 24.9 Å². The number of halogens is 1. The van der Waals surface area contributed by atoms with Crippen LogP contribution in [0, 0.1) is 11.3 Å². The smallest absolute Gasteiger partial charge is 0.109 e. The Morgan fingerprint density at radius 1 is 1.90 bits per heavy atom. The van der Waals surface area contributed by atoms with Gasteiger partial charge in [0.2, 0.25) is 0 Å². The molecule has 0 aromatic carbocycles. The largest absolute Gasteiger partial charge is 0.384 e. The van der Waals surface area contributed by atoms with Gasteiger partial charge in [0.15, 0.2) is 0 Å². The Labute approximate surface area is 68.3 Å². The molecule has 0 saturated carbocycles. The molecule has 0 amide bonds. The highest BCUT2D eigenvalue weighted by molar-refractivity contribution is 9.11. The lowest BCUT2D eigenvalue weighted by Crippen LogP contribution is -2.24. The lowest BCUT2D eigenvalue weighted by atomic mass is 10.0. The topological polar surface area (TPSA) is 44.0 Å². The summed E-state index contributed by atoms with van der Waals surface area (Å²) in [5.41, 5.74) is -0.880. The average molecular weight is 202 g/mol. The quantitative estimate of drug-likeness (QED) is 0.703. The van der Waals surface area contributed by atoms with Crippen molar-refractivity contribution in [1.82, 2.24) is 0 Å². The van der Waals surface area contributed by atoms with E-state index in [0.717, 1.165) is 10.9 Å². The van der Waals surface area contributed by atoms with Crippen LogP contribution < -0.4 is 0 Å². The zero-order chi connectivity index (χ0) is 7.61. The van der Waals surface area contributed by atoms with Gasteiger partial charge >= 0.3 is 0 Å². The fourth-order valence-electron chi connectivity index (χ4n) is 1.05. The summed E-state index contributed by atoms with van der Waals surface area (Å²) >= 11 is 3.22. The van der Waals surface area contributed by atoms with Crippen molar-refractivity contribution < 1.29 is 5.11 Å². The molecule has 1 rings (SSSR count). The van der Waals surface area contributed by atoms with E-state index < -0.39 is 5.60 Å². The second-order valence-electron chi connectivity index (χ2n) is 2.46. The van der Waals surface area contributed by atoms with Crippen molar-refractivity contribution in [1.29, 1.82) is 5.26 Å². The second-order valence-corrected chi connectivity index (χ2v) is 3.31. The highest BCUT2D eigenvalue weighted by Gasteiger charge is 2.33. The maximum absolute atomic E-state index is 9.62. The standard InChI is InChI=1S/C7H8BrNO/c8-6-2-1-3-7(6,10)4-5-9/h2,10H,1,3-4H2. The van der Waals surface area contributed by atoms with Gasteiger partial charge in [-0.1, -0.05) is 22.0 Å². The Kier molecular flexibility index (Phi) is 2.12. The van der Waals surface area contributed by atoms with E-state index in [-0.39, 0.29) is 6.42 Å². The molecule has 2 nitrogen and oxygen atoms in total. The highest BCUT2D eigenvalue weighted by atomic mass is 79.9. The van der Waals surface area contributed by atoms with Crippen molar-refractivity contribution in [3.8, 4) is 6.07 Å². The Bertz CT molecular complexity index is 206. The molecule has 0 aromatic rings. The van der Waals surface area contributed by atoms with E-state index >= 15 is 0 Å². The molecular weight excluding hydrogens is 194 g/mol. The molecule has 0 aliphatic heterocycles. The van der Waals surface area contributed by atoms with Gasteiger partial charge in [0.1, 0.15) is 5.60 Å². The van der Waals surface area contributed by atoms with Crippen LogP contribution in [0.5, 0.6) is 0 Å². The van der Waals surface area contributed by atoms with Crippen molar-refractivity contribution in [3.63, 3.8) is 0 Å². The van der Waals surface area contributed by atoms with Crippen LogP contribution in [0.3, 0.4) is 0 Å². The average Bonchev–Trinajstić information content (AvgIpc) is 2.15. The lowest BCUT2D eigenvalue weighted by Gasteiger charge is -2.18. The van der Waals surface area contributed by atoms with Gasteiger partial charge in [-0.3, -0.25) is 0 Å². The van der Waals surface area contributed by atoms with E-state index in [4.69, 9.17) is 5.26 Å². The Balaban J connectivity index is 2.71. The van der Waals surface area contributed by atoms with Crippen molar-refractivity contribution >= 4 is 15.9 Å². The molecule has 1 aliphatic rings. The van der Waals surface area contributed by atoms with Crippen LogP contribution >= 0.6 is 15.9 Å². The SMILES string of the molecule is N#CCC1(O)CCC=C1Br. The van der Waals surface area contributed by atoms with Gasteiger partial charge in [0.05, 0.1) is 12.5 Å². The van der Waals surface area contributed by atoms with Gasteiger partial charge in [-0.05, 0) is 12.8 Å². The molecule has 54 valence electrons. The third kappa shape index (κ3) is 1.23. The summed E-state index contributed by atoms with van der Waals surface area (Å²) in [6.07, 6.45) is 3.63. The summed E-state index contributed by atoms with van der Waals surface area (Å²) in [6.45, 7) is 0. The van der Waals surface area contributed by atoms with Gasteiger partial charge < -0.3 is 5.11 Å². The molecule has 0 fully saturated rings. The Morgan fingerprint density at radius 3 is 3.00 bits per heavy atom. The molecule has 3 heteroatoms. The van der Waals surface area contributed by atoms with E-state index in [1.165, 1.54) is 0 Å². The molecule has 1 N–H and O–H groups in total. The number of allylic oxidation sites excluding steroid dienone is 1. The molecule has 0 bridgehead atoms. The number of nitriles is 1. The minimum Gasteiger partial charge on any atom is -0.384 e. The lowest BCUT2D eigenvalue weighted by molar-refractivity contribution is 0.0932. The van der Waals surface area contributed by atoms with E-state index in [1.54, 1.807) is 0 Å². The summed E-state index contributed by atoms with van der Waals surface area (Å²) in [6, 6.07) is 1.96. The second kappa shape index (κ2) is 2.73. The molecule has 0 spiro atoms. The van der Waals surface area contributed by atoms with Crippen LogP contribution in [0.4, 0.5) is 0 Å². The van der Waals surface area contributed by atoms with Gasteiger partial charge in [-0.25, -0.2) is 0 Å². The molecule has 0 saturated heterocycles. The predicted octanol–water partition coefficient (Wildman–Crippen LogP) is 1.70. The summed E-state index contributed by atoms with van der Waals surface area (Å²) in [5.74, 6) is 0. The first-order valence-electron chi connectivity index (χ1n) is 3.14. The first kappa shape index (κ1) is 7.77. The highest BCUT2D eigenvalue weighted by Crippen LogP contribution is 2.36. The Morgan fingerprint density at radius 2 is 2.60 bits per heavy atom. The van der Waals surface area contributed by atoms with E-state index in [2.05, 4.69) is 15.9 Å². The molecule has 10 heavy (non-hydrogen) atoms. The van der Waals surface area contributed by atoms with Crippen molar-refractivity contribution in [2.75, 3.05) is 0 Å². The summed E-state index contributed by atoms with van der Waals surface area (Å²) < 4.78 is 0.765. The number of hydrogen-bond donors (Lipinski definition) is 1. The molecule has 0 aromatic heterocycles. The van der Waals surface area contributed by atoms with E-state index in [1.807, 2.05) is 12.1 Å². The summed E-state index contributed by atoms with van der Waals surface area (Å²) in [5, 5.41) is 18.0. The minimum atomic E-state index is -0.880. The van der Waals surface area contributed by atoms with Crippen LogP contribution in [-0.4, -0.2) is 10.7 Å². The predicted molar refractivity (Wildman–Crippen MR) is 41.4 cm³/mol. The van der Waals surface area contributed by atoms with Crippen LogP contribution in [0.25, 0.3) is 0 Å².